The Morgan fingerprint density at radius 3 is 2.18 bits per heavy atom. The Morgan fingerprint density at radius 2 is 2.09 bits per heavy atom. The maximum Gasteiger partial charge on any atom is 0.322 e. The van der Waals surface area contributed by atoms with E-state index in [9.17, 15) is 4.79 Å². The molecule has 0 rings (SSSR count). The number of nitrogens with two attached hydrogens (primary N) is 1. The fourth-order valence-electron chi connectivity index (χ4n) is 0.603. The number of carbonyl (C=O) groups is 1. The lowest BCUT2D eigenvalue weighted by atomic mass is 10.7. The number of rotatable bonds is 4. The third kappa shape index (κ3) is 2.57. The average Bonchev–Trinajstić information content (AvgIpc) is 1.99. The van der Waals surface area contributed by atoms with Crippen LogP contribution in [0.4, 0.5) is 4.79 Å². The van der Waals surface area contributed by atoms with Crippen LogP contribution in [0.25, 0.3) is 0 Å². The molecule has 0 unspecified atom stereocenters. The number of hydrogen-bond acceptors (Lipinski definition) is 3. The first-order valence-electron chi connectivity index (χ1n) is 2.93. The van der Waals surface area contributed by atoms with Crippen molar-refractivity contribution in [1.82, 2.24) is 4.90 Å². The van der Waals surface area contributed by atoms with E-state index in [-0.39, 0.29) is 0 Å². The fraction of sp³-hybridized carbons (Fsp3) is 0.500. The van der Waals surface area contributed by atoms with Gasteiger partial charge in [0.15, 0.2) is 0 Å². The standard InChI is InChI=1S/C6H12N2O3/c1-4-8(5(7)9)6(10-2)11-3/h4,6H,1H2,2-3H3,(H2,7,9). The minimum atomic E-state index is -0.801. The van der Waals surface area contributed by atoms with E-state index in [1.807, 2.05) is 0 Å². The first-order valence-corrected chi connectivity index (χ1v) is 2.93. The predicted molar refractivity (Wildman–Crippen MR) is 39.4 cm³/mol. The van der Waals surface area contributed by atoms with E-state index < -0.39 is 12.4 Å². The van der Waals surface area contributed by atoms with Crippen LogP contribution in [-0.4, -0.2) is 31.6 Å². The van der Waals surface area contributed by atoms with Gasteiger partial charge in [-0.3, -0.25) is 4.90 Å². The molecule has 2 amide bonds. The Bertz CT molecular complexity index is 145. The molecule has 0 atom stereocenters. The van der Waals surface area contributed by atoms with E-state index in [0.717, 1.165) is 4.90 Å². The quantitative estimate of drug-likeness (QED) is 0.592. The molecule has 0 saturated carbocycles. The van der Waals surface area contributed by atoms with Crippen LogP contribution in [0.3, 0.4) is 0 Å². The summed E-state index contributed by atoms with van der Waals surface area (Å²) >= 11 is 0. The third-order valence-electron chi connectivity index (χ3n) is 1.08. The summed E-state index contributed by atoms with van der Waals surface area (Å²) in [5, 5.41) is 0. The molecule has 0 aromatic carbocycles. The van der Waals surface area contributed by atoms with Crippen molar-refractivity contribution in [1.29, 1.82) is 0 Å². The zero-order valence-corrected chi connectivity index (χ0v) is 6.61. The van der Waals surface area contributed by atoms with Crippen LogP contribution in [0.15, 0.2) is 12.8 Å². The van der Waals surface area contributed by atoms with E-state index in [2.05, 4.69) is 6.58 Å². The Labute approximate surface area is 65.4 Å². The molecule has 0 fully saturated rings. The van der Waals surface area contributed by atoms with Crippen LogP contribution in [-0.2, 0) is 9.47 Å². The molecular weight excluding hydrogens is 148 g/mol. The molecule has 0 spiro atoms. The summed E-state index contributed by atoms with van der Waals surface area (Å²) in [6.07, 6.45) is 0.435. The smallest absolute Gasteiger partial charge is 0.322 e. The molecule has 0 radical (unpaired) electrons. The van der Waals surface area contributed by atoms with E-state index in [1.54, 1.807) is 0 Å². The molecule has 0 bridgehead atoms. The van der Waals surface area contributed by atoms with Gasteiger partial charge in [-0.25, -0.2) is 4.79 Å². The number of primary amides is 1. The zero-order valence-electron chi connectivity index (χ0n) is 6.61. The van der Waals surface area contributed by atoms with Crippen LogP contribution in [0, 0.1) is 0 Å². The summed E-state index contributed by atoms with van der Waals surface area (Å²) in [5.41, 5.74) is 4.96. The summed E-state index contributed by atoms with van der Waals surface area (Å²) < 4.78 is 9.49. The second-order valence-electron chi connectivity index (χ2n) is 1.71. The summed E-state index contributed by atoms with van der Waals surface area (Å²) in [5.74, 6) is 0. The Hall–Kier alpha value is -1.07. The number of methoxy groups -OCH3 is 2. The highest BCUT2D eigenvalue weighted by molar-refractivity contribution is 5.73. The van der Waals surface area contributed by atoms with Crippen LogP contribution in [0.1, 0.15) is 0 Å². The highest BCUT2D eigenvalue weighted by Crippen LogP contribution is 2.00. The molecular formula is C6H12N2O3. The second kappa shape index (κ2) is 4.70. The molecule has 0 saturated heterocycles. The molecule has 2 N–H and O–H groups in total. The number of ether oxygens (including phenoxy) is 2. The zero-order chi connectivity index (χ0) is 8.85. The molecule has 5 heteroatoms. The monoisotopic (exact) mass is 160 g/mol. The van der Waals surface area contributed by atoms with Crippen molar-refractivity contribution in [3.63, 3.8) is 0 Å². The Balaban J connectivity index is 4.20. The highest BCUT2D eigenvalue weighted by Gasteiger charge is 2.16. The van der Waals surface area contributed by atoms with Crippen molar-refractivity contribution in [2.45, 2.75) is 6.41 Å². The SMILES string of the molecule is C=CN(C(N)=O)C(OC)OC. The molecule has 64 valence electrons. The summed E-state index contributed by atoms with van der Waals surface area (Å²) in [6.45, 7) is 3.36. The van der Waals surface area contributed by atoms with Gasteiger partial charge in [0.05, 0.1) is 0 Å². The second-order valence-corrected chi connectivity index (χ2v) is 1.71. The maximum absolute atomic E-state index is 10.6. The van der Waals surface area contributed by atoms with Crippen LogP contribution < -0.4 is 5.73 Å². The van der Waals surface area contributed by atoms with E-state index in [4.69, 9.17) is 15.2 Å². The third-order valence-corrected chi connectivity index (χ3v) is 1.08. The van der Waals surface area contributed by atoms with Crippen molar-refractivity contribution in [3.05, 3.63) is 12.8 Å². The first-order chi connectivity index (χ1) is 5.17. The minimum absolute atomic E-state index is 0.672. The molecule has 0 heterocycles. The van der Waals surface area contributed by atoms with Gasteiger partial charge in [0.2, 0.25) is 6.41 Å². The minimum Gasteiger partial charge on any atom is -0.351 e. The molecule has 5 nitrogen and oxygen atoms in total. The lowest BCUT2D eigenvalue weighted by Gasteiger charge is -2.23. The number of hydrogen-bond donors (Lipinski definition) is 1. The Kier molecular flexibility index (Phi) is 4.24. The number of amides is 2. The van der Waals surface area contributed by atoms with Gasteiger partial charge in [-0.2, -0.15) is 0 Å². The van der Waals surface area contributed by atoms with Gasteiger partial charge in [0, 0.05) is 20.4 Å². The molecule has 11 heavy (non-hydrogen) atoms. The fourth-order valence-corrected chi connectivity index (χ4v) is 0.603. The predicted octanol–water partition coefficient (Wildman–Crippen LogP) is 0.0870. The molecule has 0 aromatic rings. The van der Waals surface area contributed by atoms with Crippen molar-refractivity contribution in [2.24, 2.45) is 5.73 Å². The summed E-state index contributed by atoms with van der Waals surface area (Å²) in [4.78, 5) is 11.6. The molecule has 0 aliphatic rings. The largest absolute Gasteiger partial charge is 0.351 e. The topological polar surface area (TPSA) is 64.8 Å². The van der Waals surface area contributed by atoms with E-state index in [0.29, 0.717) is 0 Å². The first kappa shape index (κ1) is 9.93. The lowest BCUT2D eigenvalue weighted by molar-refractivity contribution is -0.162. The van der Waals surface area contributed by atoms with Gasteiger partial charge < -0.3 is 15.2 Å². The van der Waals surface area contributed by atoms with Gasteiger partial charge in [-0.1, -0.05) is 6.58 Å². The Morgan fingerprint density at radius 1 is 1.64 bits per heavy atom. The van der Waals surface area contributed by atoms with Gasteiger partial charge in [0.25, 0.3) is 0 Å². The maximum atomic E-state index is 10.6. The highest BCUT2D eigenvalue weighted by atomic mass is 16.7. The van der Waals surface area contributed by atoms with Crippen LogP contribution in [0.2, 0.25) is 0 Å². The molecule has 0 aliphatic heterocycles. The number of nitrogens with zero attached hydrogens (tertiary/aromatic N) is 1. The van der Waals surface area contributed by atoms with Gasteiger partial charge >= 0.3 is 6.03 Å². The van der Waals surface area contributed by atoms with Crippen molar-refractivity contribution >= 4 is 6.03 Å². The lowest BCUT2D eigenvalue weighted by Crippen LogP contribution is -2.41. The molecule has 0 aromatic heterocycles. The van der Waals surface area contributed by atoms with E-state index in [1.165, 1.54) is 20.4 Å². The van der Waals surface area contributed by atoms with Gasteiger partial charge in [-0.05, 0) is 0 Å². The normalized spacial score (nSPS) is 9.73. The van der Waals surface area contributed by atoms with Crippen LogP contribution >= 0.6 is 0 Å². The van der Waals surface area contributed by atoms with Crippen LogP contribution in [0.5, 0.6) is 0 Å². The van der Waals surface area contributed by atoms with E-state index >= 15 is 0 Å². The van der Waals surface area contributed by atoms with Gasteiger partial charge in [-0.15, -0.1) is 0 Å². The number of carbonyl (C=O) groups excluding carboxylic acids is 1. The van der Waals surface area contributed by atoms with Crippen molar-refractivity contribution in [2.75, 3.05) is 14.2 Å². The van der Waals surface area contributed by atoms with Crippen molar-refractivity contribution < 1.29 is 14.3 Å². The summed E-state index contributed by atoms with van der Waals surface area (Å²) in [6, 6.07) is -0.672. The van der Waals surface area contributed by atoms with Gasteiger partial charge in [0.1, 0.15) is 0 Å². The average molecular weight is 160 g/mol. The number of urea groups is 1. The van der Waals surface area contributed by atoms with Crippen molar-refractivity contribution in [3.8, 4) is 0 Å². The molecule has 0 aliphatic carbocycles. The summed E-state index contributed by atoms with van der Waals surface area (Å²) in [7, 11) is 2.79.